The highest BCUT2D eigenvalue weighted by Crippen LogP contribution is 2.25. The summed E-state index contributed by atoms with van der Waals surface area (Å²) < 4.78 is 3.67. The SMILES string of the molecule is Cn1c(SCc2nnnn2-c2ccccc2)nnc1-c1ccc(Cl)cc1. The van der Waals surface area contributed by atoms with Gasteiger partial charge in [0.1, 0.15) is 0 Å². The number of halogens is 1. The van der Waals surface area contributed by atoms with Gasteiger partial charge in [-0.25, -0.2) is 0 Å². The Balaban J connectivity index is 1.53. The minimum absolute atomic E-state index is 0.578. The summed E-state index contributed by atoms with van der Waals surface area (Å²) in [5.74, 6) is 2.11. The van der Waals surface area contributed by atoms with Gasteiger partial charge in [0, 0.05) is 17.6 Å². The van der Waals surface area contributed by atoms with Gasteiger partial charge in [-0.15, -0.1) is 15.3 Å². The molecule has 7 nitrogen and oxygen atoms in total. The molecule has 26 heavy (non-hydrogen) atoms. The van der Waals surface area contributed by atoms with E-state index in [0.717, 1.165) is 28.1 Å². The molecule has 130 valence electrons. The summed E-state index contributed by atoms with van der Waals surface area (Å²) in [4.78, 5) is 0. The van der Waals surface area contributed by atoms with Crippen LogP contribution in [0, 0.1) is 0 Å². The van der Waals surface area contributed by atoms with E-state index in [9.17, 15) is 0 Å². The normalized spacial score (nSPS) is 11.0. The maximum Gasteiger partial charge on any atom is 0.191 e. The lowest BCUT2D eigenvalue weighted by atomic mass is 10.2. The van der Waals surface area contributed by atoms with Gasteiger partial charge in [-0.2, -0.15) is 4.68 Å². The standard InChI is InChI=1S/C17H14ClN7S/c1-24-16(12-7-9-13(18)10-8-12)20-21-17(24)26-11-15-19-22-23-25(15)14-5-3-2-4-6-14/h2-10H,11H2,1H3. The number of aromatic nitrogens is 7. The lowest BCUT2D eigenvalue weighted by Gasteiger charge is -2.05. The summed E-state index contributed by atoms with van der Waals surface area (Å²) in [5, 5.41) is 22.0. The minimum Gasteiger partial charge on any atom is -0.305 e. The zero-order valence-electron chi connectivity index (χ0n) is 13.8. The molecule has 2 heterocycles. The lowest BCUT2D eigenvalue weighted by Crippen LogP contribution is -2.02. The molecular weight excluding hydrogens is 370 g/mol. The molecule has 0 spiro atoms. The fourth-order valence-corrected chi connectivity index (χ4v) is 3.43. The molecule has 0 aliphatic rings. The van der Waals surface area contributed by atoms with Crippen LogP contribution >= 0.6 is 23.4 Å². The van der Waals surface area contributed by atoms with E-state index in [-0.39, 0.29) is 0 Å². The predicted octanol–water partition coefficient (Wildman–Crippen LogP) is 3.40. The van der Waals surface area contributed by atoms with Crippen molar-refractivity contribution in [1.82, 2.24) is 35.0 Å². The molecule has 0 aliphatic heterocycles. The van der Waals surface area contributed by atoms with Gasteiger partial charge in [0.05, 0.1) is 11.4 Å². The summed E-state index contributed by atoms with van der Waals surface area (Å²) in [6, 6.07) is 17.3. The van der Waals surface area contributed by atoms with E-state index in [2.05, 4.69) is 25.7 Å². The first kappa shape index (κ1) is 16.7. The third-order valence-electron chi connectivity index (χ3n) is 3.80. The molecule has 0 saturated heterocycles. The first-order valence-electron chi connectivity index (χ1n) is 7.83. The van der Waals surface area contributed by atoms with Crippen molar-refractivity contribution in [2.24, 2.45) is 7.05 Å². The zero-order chi connectivity index (χ0) is 17.9. The highest BCUT2D eigenvalue weighted by atomic mass is 35.5. The Hall–Kier alpha value is -2.71. The summed E-state index contributed by atoms with van der Waals surface area (Å²) in [6.07, 6.45) is 0. The van der Waals surface area contributed by atoms with Crippen LogP contribution in [0.2, 0.25) is 5.02 Å². The summed E-state index contributed by atoms with van der Waals surface area (Å²) in [5.41, 5.74) is 1.89. The number of tetrazole rings is 1. The first-order valence-corrected chi connectivity index (χ1v) is 9.19. The summed E-state index contributed by atoms with van der Waals surface area (Å²) >= 11 is 7.48. The van der Waals surface area contributed by atoms with Crippen molar-refractivity contribution in [2.45, 2.75) is 10.9 Å². The largest absolute Gasteiger partial charge is 0.305 e. The quantitative estimate of drug-likeness (QED) is 0.492. The molecule has 0 unspecified atom stereocenters. The number of para-hydroxylation sites is 1. The molecule has 0 N–H and O–H groups in total. The summed E-state index contributed by atoms with van der Waals surface area (Å²) in [7, 11) is 1.94. The number of hydrogen-bond donors (Lipinski definition) is 0. The van der Waals surface area contributed by atoms with E-state index < -0.39 is 0 Å². The molecule has 0 saturated carbocycles. The van der Waals surface area contributed by atoms with Gasteiger partial charge < -0.3 is 4.57 Å². The Labute approximate surface area is 159 Å². The van der Waals surface area contributed by atoms with Crippen LogP contribution in [0.15, 0.2) is 59.8 Å². The Bertz CT molecular complexity index is 1010. The van der Waals surface area contributed by atoms with Crippen molar-refractivity contribution < 1.29 is 0 Å². The van der Waals surface area contributed by atoms with E-state index in [1.807, 2.05) is 66.2 Å². The summed E-state index contributed by atoms with van der Waals surface area (Å²) in [6.45, 7) is 0. The van der Waals surface area contributed by atoms with Gasteiger partial charge >= 0.3 is 0 Å². The van der Waals surface area contributed by atoms with Crippen LogP contribution in [0.3, 0.4) is 0 Å². The molecule has 0 amide bonds. The monoisotopic (exact) mass is 383 g/mol. The molecule has 4 aromatic rings. The molecule has 2 aromatic carbocycles. The molecule has 0 radical (unpaired) electrons. The van der Waals surface area contributed by atoms with E-state index in [1.165, 1.54) is 11.8 Å². The molecule has 4 rings (SSSR count). The number of benzene rings is 2. The topological polar surface area (TPSA) is 74.3 Å². The van der Waals surface area contributed by atoms with Crippen LogP contribution in [-0.4, -0.2) is 35.0 Å². The van der Waals surface area contributed by atoms with Crippen LogP contribution in [0.5, 0.6) is 0 Å². The van der Waals surface area contributed by atoms with Crippen LogP contribution in [0.25, 0.3) is 17.1 Å². The smallest absolute Gasteiger partial charge is 0.191 e. The maximum absolute atomic E-state index is 5.95. The third-order valence-corrected chi connectivity index (χ3v) is 5.07. The first-order chi connectivity index (χ1) is 12.7. The Morgan fingerprint density at radius 2 is 1.73 bits per heavy atom. The minimum atomic E-state index is 0.578. The van der Waals surface area contributed by atoms with Gasteiger partial charge in [-0.1, -0.05) is 41.6 Å². The van der Waals surface area contributed by atoms with E-state index in [1.54, 1.807) is 4.68 Å². The fourth-order valence-electron chi connectivity index (χ4n) is 2.49. The van der Waals surface area contributed by atoms with Crippen molar-refractivity contribution in [3.05, 3.63) is 65.4 Å². The lowest BCUT2D eigenvalue weighted by molar-refractivity contribution is 0.774. The molecule has 2 aromatic heterocycles. The molecular formula is C17H14ClN7S. The molecule has 0 bridgehead atoms. The van der Waals surface area contributed by atoms with Crippen LogP contribution in [-0.2, 0) is 12.8 Å². The molecule has 9 heteroatoms. The Morgan fingerprint density at radius 3 is 2.50 bits per heavy atom. The fraction of sp³-hybridized carbons (Fsp3) is 0.118. The number of thioether (sulfide) groups is 1. The van der Waals surface area contributed by atoms with Crippen LogP contribution in [0.4, 0.5) is 0 Å². The van der Waals surface area contributed by atoms with Crippen molar-refractivity contribution in [3.63, 3.8) is 0 Å². The number of rotatable bonds is 5. The van der Waals surface area contributed by atoms with Crippen LogP contribution in [0.1, 0.15) is 5.82 Å². The second-order valence-corrected chi connectivity index (χ2v) is 6.88. The molecule has 0 atom stereocenters. The average molecular weight is 384 g/mol. The van der Waals surface area contributed by atoms with Crippen molar-refractivity contribution in [3.8, 4) is 17.1 Å². The predicted molar refractivity (Wildman–Crippen MR) is 100 cm³/mol. The highest BCUT2D eigenvalue weighted by molar-refractivity contribution is 7.98. The molecule has 0 aliphatic carbocycles. The second kappa shape index (κ2) is 7.27. The Morgan fingerprint density at radius 1 is 0.962 bits per heavy atom. The van der Waals surface area contributed by atoms with Gasteiger partial charge in [0.25, 0.3) is 0 Å². The van der Waals surface area contributed by atoms with E-state index >= 15 is 0 Å². The van der Waals surface area contributed by atoms with Gasteiger partial charge in [0.15, 0.2) is 16.8 Å². The maximum atomic E-state index is 5.95. The van der Waals surface area contributed by atoms with Crippen LogP contribution < -0.4 is 0 Å². The van der Waals surface area contributed by atoms with Gasteiger partial charge in [-0.05, 0) is 46.8 Å². The van der Waals surface area contributed by atoms with E-state index in [4.69, 9.17) is 11.6 Å². The molecule has 0 fully saturated rings. The van der Waals surface area contributed by atoms with Gasteiger partial charge in [0.2, 0.25) is 0 Å². The number of hydrogen-bond acceptors (Lipinski definition) is 6. The highest BCUT2D eigenvalue weighted by Gasteiger charge is 2.14. The van der Waals surface area contributed by atoms with E-state index in [0.29, 0.717) is 10.8 Å². The number of nitrogens with zero attached hydrogens (tertiary/aromatic N) is 7. The van der Waals surface area contributed by atoms with Crippen molar-refractivity contribution in [2.75, 3.05) is 0 Å². The van der Waals surface area contributed by atoms with Crippen molar-refractivity contribution >= 4 is 23.4 Å². The Kier molecular flexibility index (Phi) is 4.68. The van der Waals surface area contributed by atoms with Gasteiger partial charge in [-0.3, -0.25) is 0 Å². The average Bonchev–Trinajstić information content (AvgIpc) is 3.28. The second-order valence-electron chi connectivity index (χ2n) is 5.50. The third kappa shape index (κ3) is 3.33. The van der Waals surface area contributed by atoms with Crippen molar-refractivity contribution in [1.29, 1.82) is 0 Å². The zero-order valence-corrected chi connectivity index (χ0v) is 15.4.